The fourth-order valence-electron chi connectivity index (χ4n) is 2.12. The number of carbonyl (C=O) groups excluding carboxylic acids is 2. The van der Waals surface area contributed by atoms with Gasteiger partial charge in [0.05, 0.1) is 6.04 Å². The van der Waals surface area contributed by atoms with Crippen molar-refractivity contribution in [1.82, 2.24) is 10.6 Å². The molecule has 0 bridgehead atoms. The molecule has 4 atom stereocenters. The van der Waals surface area contributed by atoms with E-state index in [1.165, 1.54) is 0 Å². The predicted molar refractivity (Wildman–Crippen MR) is 98.8 cm³/mol. The lowest BCUT2D eigenvalue weighted by atomic mass is 9.97. The van der Waals surface area contributed by atoms with Gasteiger partial charge in [-0.05, 0) is 30.8 Å². The third-order valence-electron chi connectivity index (χ3n) is 4.02. The molecule has 9 nitrogen and oxygen atoms in total. The van der Waals surface area contributed by atoms with Crippen molar-refractivity contribution in [2.24, 2.45) is 11.7 Å². The predicted octanol–water partition coefficient (Wildman–Crippen LogP) is 0.0319. The average molecular weight is 391 g/mol. The summed E-state index contributed by atoms with van der Waals surface area (Å²) in [5, 5.41) is 22.8. The highest BCUT2D eigenvalue weighted by atomic mass is 32.2. The molecule has 0 spiro atoms. The molecule has 0 aliphatic rings. The number of carboxylic acid groups (broad SMARTS) is 2. The first-order valence-corrected chi connectivity index (χ1v) is 9.83. The summed E-state index contributed by atoms with van der Waals surface area (Å²) >= 11 is 1.55. The van der Waals surface area contributed by atoms with Gasteiger partial charge in [-0.2, -0.15) is 11.8 Å². The van der Waals surface area contributed by atoms with Gasteiger partial charge in [0.1, 0.15) is 12.1 Å². The van der Waals surface area contributed by atoms with Crippen LogP contribution in [0.5, 0.6) is 0 Å². The maximum absolute atomic E-state index is 12.5. The third-order valence-corrected chi connectivity index (χ3v) is 4.67. The zero-order valence-electron chi connectivity index (χ0n) is 15.4. The molecular formula is C16H29N3O6S. The van der Waals surface area contributed by atoms with Gasteiger partial charge in [0, 0.05) is 6.42 Å². The number of nitrogens with two attached hydrogens (primary N) is 1. The smallest absolute Gasteiger partial charge is 0.326 e. The first kappa shape index (κ1) is 24.2. The topological polar surface area (TPSA) is 159 Å². The number of nitrogens with one attached hydrogen (secondary N) is 2. The monoisotopic (exact) mass is 391 g/mol. The van der Waals surface area contributed by atoms with Gasteiger partial charge in [0.2, 0.25) is 11.8 Å². The maximum Gasteiger partial charge on any atom is 0.326 e. The molecule has 150 valence electrons. The second-order valence-electron chi connectivity index (χ2n) is 6.09. The van der Waals surface area contributed by atoms with Crippen LogP contribution in [0.1, 0.15) is 39.5 Å². The van der Waals surface area contributed by atoms with Crippen molar-refractivity contribution < 1.29 is 29.4 Å². The van der Waals surface area contributed by atoms with Gasteiger partial charge in [-0.25, -0.2) is 4.79 Å². The van der Waals surface area contributed by atoms with E-state index >= 15 is 0 Å². The van der Waals surface area contributed by atoms with Crippen LogP contribution in [0.2, 0.25) is 0 Å². The van der Waals surface area contributed by atoms with Crippen LogP contribution in [0.3, 0.4) is 0 Å². The molecule has 0 aliphatic carbocycles. The number of hydrogen-bond donors (Lipinski definition) is 5. The summed E-state index contributed by atoms with van der Waals surface area (Å²) in [7, 11) is 0. The van der Waals surface area contributed by atoms with E-state index in [0.29, 0.717) is 18.6 Å². The van der Waals surface area contributed by atoms with Crippen LogP contribution in [0.15, 0.2) is 0 Å². The normalized spacial score (nSPS) is 15.4. The Kier molecular flexibility index (Phi) is 11.7. The molecule has 0 saturated heterocycles. The molecule has 6 N–H and O–H groups in total. The van der Waals surface area contributed by atoms with Crippen LogP contribution < -0.4 is 16.4 Å². The number of aliphatic carboxylic acids is 2. The van der Waals surface area contributed by atoms with Gasteiger partial charge < -0.3 is 26.6 Å². The van der Waals surface area contributed by atoms with Gasteiger partial charge in [0.15, 0.2) is 0 Å². The molecule has 0 radical (unpaired) electrons. The van der Waals surface area contributed by atoms with Crippen LogP contribution in [0, 0.1) is 5.92 Å². The van der Waals surface area contributed by atoms with Gasteiger partial charge in [-0.3, -0.25) is 14.4 Å². The van der Waals surface area contributed by atoms with Crippen molar-refractivity contribution in [2.75, 3.05) is 12.0 Å². The maximum atomic E-state index is 12.5. The van der Waals surface area contributed by atoms with Crippen LogP contribution in [-0.2, 0) is 19.2 Å². The second kappa shape index (κ2) is 12.5. The zero-order chi connectivity index (χ0) is 20.3. The van der Waals surface area contributed by atoms with Crippen molar-refractivity contribution in [3.63, 3.8) is 0 Å². The van der Waals surface area contributed by atoms with Crippen LogP contribution in [0.4, 0.5) is 0 Å². The Morgan fingerprint density at radius 1 is 1.08 bits per heavy atom. The van der Waals surface area contributed by atoms with Gasteiger partial charge in [0.25, 0.3) is 0 Å². The van der Waals surface area contributed by atoms with Crippen molar-refractivity contribution in [3.05, 3.63) is 0 Å². The fraction of sp³-hybridized carbons (Fsp3) is 0.750. The molecule has 0 aromatic heterocycles. The summed E-state index contributed by atoms with van der Waals surface area (Å²) < 4.78 is 0. The third kappa shape index (κ3) is 9.04. The van der Waals surface area contributed by atoms with E-state index in [1.54, 1.807) is 18.7 Å². The molecule has 4 unspecified atom stereocenters. The van der Waals surface area contributed by atoms with E-state index < -0.39 is 48.3 Å². The number of carbonyl (C=O) groups is 4. The number of hydrogen-bond acceptors (Lipinski definition) is 6. The van der Waals surface area contributed by atoms with E-state index in [1.807, 2.05) is 13.2 Å². The Hall–Kier alpha value is -1.81. The van der Waals surface area contributed by atoms with Crippen molar-refractivity contribution in [3.8, 4) is 0 Å². The molecule has 0 fully saturated rings. The Morgan fingerprint density at radius 2 is 1.69 bits per heavy atom. The lowest BCUT2D eigenvalue weighted by molar-refractivity contribution is -0.143. The van der Waals surface area contributed by atoms with Crippen molar-refractivity contribution >= 4 is 35.5 Å². The Bertz CT molecular complexity index is 502. The minimum atomic E-state index is -1.34. The van der Waals surface area contributed by atoms with E-state index in [0.717, 1.165) is 0 Å². The first-order valence-electron chi connectivity index (χ1n) is 8.43. The summed E-state index contributed by atoms with van der Waals surface area (Å²) in [6.07, 6.45) is 2.29. The lowest BCUT2D eigenvalue weighted by Crippen LogP contribution is -2.56. The molecule has 0 saturated carbocycles. The Labute approximate surface area is 157 Å². The highest BCUT2D eigenvalue weighted by Gasteiger charge is 2.31. The summed E-state index contributed by atoms with van der Waals surface area (Å²) in [5.74, 6) is -3.17. The highest BCUT2D eigenvalue weighted by Crippen LogP contribution is 2.10. The molecule has 0 aromatic carbocycles. The number of rotatable bonds is 13. The average Bonchev–Trinajstić information content (AvgIpc) is 2.59. The summed E-state index contributed by atoms with van der Waals surface area (Å²) in [5.41, 5.74) is 5.81. The zero-order valence-corrected chi connectivity index (χ0v) is 16.2. The van der Waals surface area contributed by atoms with E-state index in [9.17, 15) is 19.2 Å². The lowest BCUT2D eigenvalue weighted by Gasteiger charge is -2.26. The van der Waals surface area contributed by atoms with E-state index in [-0.39, 0.29) is 12.3 Å². The first-order chi connectivity index (χ1) is 12.1. The SMILES string of the molecule is CCC(C)C(NC(=O)C(N)CCSC)C(=O)NC(CCC(=O)O)C(=O)O. The van der Waals surface area contributed by atoms with Gasteiger partial charge in [-0.15, -0.1) is 0 Å². The summed E-state index contributed by atoms with van der Waals surface area (Å²) in [6.45, 7) is 3.59. The molecule has 0 aliphatic heterocycles. The summed E-state index contributed by atoms with van der Waals surface area (Å²) in [4.78, 5) is 46.6. The van der Waals surface area contributed by atoms with Crippen LogP contribution >= 0.6 is 11.8 Å². The summed E-state index contributed by atoms with van der Waals surface area (Å²) in [6, 6.07) is -3.05. The van der Waals surface area contributed by atoms with Gasteiger partial charge in [-0.1, -0.05) is 20.3 Å². The minimum Gasteiger partial charge on any atom is -0.481 e. The molecule has 2 amide bonds. The number of amides is 2. The number of thioether (sulfide) groups is 1. The standard InChI is InChI=1S/C16H29N3O6S/c1-4-9(2)13(19-14(22)10(17)7-8-26-3)15(23)18-11(16(24)25)5-6-12(20)21/h9-11,13H,4-8,17H2,1-3H3,(H,18,23)(H,19,22)(H,20,21)(H,24,25). The van der Waals surface area contributed by atoms with Crippen LogP contribution in [-0.4, -0.2) is 64.1 Å². The van der Waals surface area contributed by atoms with Crippen molar-refractivity contribution in [2.45, 2.75) is 57.7 Å². The van der Waals surface area contributed by atoms with Gasteiger partial charge >= 0.3 is 11.9 Å². The van der Waals surface area contributed by atoms with Crippen molar-refractivity contribution in [1.29, 1.82) is 0 Å². The second-order valence-corrected chi connectivity index (χ2v) is 7.08. The van der Waals surface area contributed by atoms with E-state index in [4.69, 9.17) is 15.9 Å². The Morgan fingerprint density at radius 3 is 2.15 bits per heavy atom. The quantitative estimate of drug-likeness (QED) is 0.294. The Balaban J connectivity index is 5.03. The molecule has 10 heteroatoms. The molecule has 0 heterocycles. The van der Waals surface area contributed by atoms with Crippen LogP contribution in [0.25, 0.3) is 0 Å². The minimum absolute atomic E-state index is 0.245. The van der Waals surface area contributed by atoms with E-state index in [2.05, 4.69) is 10.6 Å². The fourth-order valence-corrected chi connectivity index (χ4v) is 2.61. The molecule has 26 heavy (non-hydrogen) atoms. The molecular weight excluding hydrogens is 362 g/mol. The molecule has 0 aromatic rings. The molecule has 0 rings (SSSR count). The largest absolute Gasteiger partial charge is 0.481 e. The number of carboxylic acids is 2. The highest BCUT2D eigenvalue weighted by molar-refractivity contribution is 7.98.